The van der Waals surface area contributed by atoms with E-state index < -0.39 is 35.5 Å². The molecule has 3 N–H and O–H groups in total. The Kier molecular flexibility index (Phi) is 11.4. The number of nitrogens with zero attached hydrogens (tertiary/aromatic N) is 1. The molecule has 0 aromatic heterocycles. The van der Waals surface area contributed by atoms with Gasteiger partial charge in [-0.2, -0.15) is 0 Å². The van der Waals surface area contributed by atoms with Crippen LogP contribution in [0.3, 0.4) is 0 Å². The van der Waals surface area contributed by atoms with Gasteiger partial charge in [0.15, 0.2) is 0 Å². The number of carboxylic acid groups (broad SMARTS) is 2. The molecule has 9 nitrogen and oxygen atoms in total. The average Bonchev–Trinajstić information content (AvgIpc) is 2.95. The van der Waals surface area contributed by atoms with Gasteiger partial charge in [-0.1, -0.05) is 30.3 Å². The lowest BCUT2D eigenvalue weighted by atomic mass is 9.76. The van der Waals surface area contributed by atoms with Crippen LogP contribution in [-0.2, 0) is 16.0 Å². The fourth-order valence-corrected chi connectivity index (χ4v) is 5.47. The molecule has 0 spiro atoms. The Morgan fingerprint density at radius 2 is 1.59 bits per heavy atom. The number of hydrogen-bond acceptors (Lipinski definition) is 5. The third-order valence-corrected chi connectivity index (χ3v) is 8.05. The van der Waals surface area contributed by atoms with Crippen LogP contribution < -0.4 is 14.8 Å². The number of unbranched alkanes of at least 4 members (excludes halogenated alkanes) is 1. The maximum Gasteiger partial charge on any atom is 0.329 e. The maximum absolute atomic E-state index is 13.9. The van der Waals surface area contributed by atoms with Crippen molar-refractivity contribution >= 4 is 18.0 Å². The van der Waals surface area contributed by atoms with Gasteiger partial charge in [-0.15, -0.1) is 0 Å². The van der Waals surface area contributed by atoms with Crippen LogP contribution in [0.15, 0.2) is 42.5 Å². The number of ether oxygens (including phenoxy) is 2. The first-order valence-corrected chi connectivity index (χ1v) is 14.6. The quantitative estimate of drug-likeness (QED) is 0.239. The predicted octanol–water partition coefficient (Wildman–Crippen LogP) is 5.99. The molecule has 0 heterocycles. The van der Waals surface area contributed by atoms with Crippen molar-refractivity contribution in [3.8, 4) is 11.5 Å². The van der Waals surface area contributed by atoms with E-state index in [2.05, 4.69) is 17.4 Å². The van der Waals surface area contributed by atoms with Gasteiger partial charge in [0.05, 0.1) is 25.2 Å². The molecule has 0 radical (unpaired) electrons. The van der Waals surface area contributed by atoms with Crippen molar-refractivity contribution in [1.29, 1.82) is 0 Å². The molecule has 2 aromatic rings. The Balaban J connectivity index is 1.87. The van der Waals surface area contributed by atoms with Gasteiger partial charge in [-0.25, -0.2) is 9.59 Å². The van der Waals surface area contributed by atoms with Gasteiger partial charge in [0.2, 0.25) is 0 Å². The van der Waals surface area contributed by atoms with Crippen LogP contribution in [0.1, 0.15) is 82.0 Å². The molecule has 224 valence electrons. The van der Waals surface area contributed by atoms with Gasteiger partial charge in [-0.3, -0.25) is 4.79 Å². The standard InChI is InChI=1S/C32H44N2O7/c1-5-40-27-20-26(21-28(22(27)3)41-6-2)23(4)34(19-11-10-14-24-12-8-7-9-13-24)31(39)33-32(30(37)38)17-15-25(16-18-32)29(35)36/h7-9,12-13,20-21,23,25H,5-6,10-11,14-19H2,1-4H3,(H,33,39)(H,35,36)(H,37,38). The zero-order valence-electron chi connectivity index (χ0n) is 24.7. The van der Waals surface area contributed by atoms with Crippen molar-refractivity contribution in [2.24, 2.45) is 5.92 Å². The van der Waals surface area contributed by atoms with E-state index in [1.54, 1.807) is 4.90 Å². The largest absolute Gasteiger partial charge is 0.493 e. The summed E-state index contributed by atoms with van der Waals surface area (Å²) in [5.41, 5.74) is 1.41. The summed E-state index contributed by atoms with van der Waals surface area (Å²) in [6, 6.07) is 13.1. The fourth-order valence-electron chi connectivity index (χ4n) is 5.47. The number of carboxylic acids is 2. The van der Waals surface area contributed by atoms with Crippen LogP contribution in [0.5, 0.6) is 11.5 Å². The summed E-state index contributed by atoms with van der Waals surface area (Å²) in [6.45, 7) is 9.04. The number of hydrogen-bond donors (Lipinski definition) is 3. The number of rotatable bonds is 14. The zero-order valence-corrected chi connectivity index (χ0v) is 24.7. The monoisotopic (exact) mass is 568 g/mol. The number of carbonyl (C=O) groups is 3. The Hall–Kier alpha value is -3.75. The van der Waals surface area contributed by atoms with Crippen LogP contribution >= 0.6 is 0 Å². The highest BCUT2D eigenvalue weighted by molar-refractivity contribution is 5.87. The number of urea groups is 1. The van der Waals surface area contributed by atoms with Crippen molar-refractivity contribution < 1.29 is 34.1 Å². The molecule has 1 atom stereocenters. The highest BCUT2D eigenvalue weighted by atomic mass is 16.5. The summed E-state index contributed by atoms with van der Waals surface area (Å²) in [6.07, 6.45) is 2.96. The Morgan fingerprint density at radius 3 is 2.10 bits per heavy atom. The van der Waals surface area contributed by atoms with Crippen LogP contribution in [0.4, 0.5) is 4.79 Å². The van der Waals surface area contributed by atoms with E-state index in [-0.39, 0.29) is 25.7 Å². The Bertz CT molecular complexity index is 1150. The minimum absolute atomic E-state index is 0.0643. The highest BCUT2D eigenvalue weighted by Crippen LogP contribution is 2.36. The van der Waals surface area contributed by atoms with E-state index in [1.165, 1.54) is 5.56 Å². The number of aryl methyl sites for hydroxylation is 1. The van der Waals surface area contributed by atoms with E-state index in [1.807, 2.05) is 58.0 Å². The fraction of sp³-hybridized carbons (Fsp3) is 0.531. The molecule has 0 bridgehead atoms. The van der Waals surface area contributed by atoms with Crippen LogP contribution in [0.25, 0.3) is 0 Å². The second kappa shape index (κ2) is 14.8. The molecular weight excluding hydrogens is 524 g/mol. The van der Waals surface area contributed by atoms with E-state index in [9.17, 15) is 24.6 Å². The van der Waals surface area contributed by atoms with Gasteiger partial charge in [0.1, 0.15) is 17.0 Å². The minimum Gasteiger partial charge on any atom is -0.493 e. The summed E-state index contributed by atoms with van der Waals surface area (Å²) in [5, 5.41) is 22.4. The first-order chi connectivity index (χ1) is 19.6. The third-order valence-electron chi connectivity index (χ3n) is 8.05. The van der Waals surface area contributed by atoms with E-state index >= 15 is 0 Å². The van der Waals surface area contributed by atoms with Crippen molar-refractivity contribution in [2.45, 2.75) is 84.2 Å². The lowest BCUT2D eigenvalue weighted by molar-refractivity contribution is -0.150. The maximum atomic E-state index is 13.9. The number of aliphatic carboxylic acids is 2. The predicted molar refractivity (Wildman–Crippen MR) is 157 cm³/mol. The van der Waals surface area contributed by atoms with Crippen molar-refractivity contribution in [3.63, 3.8) is 0 Å². The Labute approximate surface area is 242 Å². The van der Waals surface area contributed by atoms with E-state index in [0.717, 1.165) is 30.4 Å². The minimum atomic E-state index is -1.51. The van der Waals surface area contributed by atoms with Gasteiger partial charge >= 0.3 is 18.0 Å². The summed E-state index contributed by atoms with van der Waals surface area (Å²) in [5.74, 6) is -1.32. The molecule has 9 heteroatoms. The molecule has 1 fully saturated rings. The lowest BCUT2D eigenvalue weighted by Crippen LogP contribution is -2.60. The molecule has 3 rings (SSSR count). The molecule has 41 heavy (non-hydrogen) atoms. The summed E-state index contributed by atoms with van der Waals surface area (Å²) in [4.78, 5) is 39.4. The number of amides is 2. The topological polar surface area (TPSA) is 125 Å². The average molecular weight is 569 g/mol. The molecule has 1 unspecified atom stereocenters. The van der Waals surface area contributed by atoms with E-state index in [4.69, 9.17) is 9.47 Å². The summed E-state index contributed by atoms with van der Waals surface area (Å²) in [7, 11) is 0. The van der Waals surface area contributed by atoms with Crippen molar-refractivity contribution in [2.75, 3.05) is 19.8 Å². The zero-order chi connectivity index (χ0) is 30.0. The third kappa shape index (κ3) is 8.15. The molecule has 1 aliphatic carbocycles. The van der Waals surface area contributed by atoms with Crippen LogP contribution in [0.2, 0.25) is 0 Å². The van der Waals surface area contributed by atoms with Crippen molar-refractivity contribution in [1.82, 2.24) is 10.2 Å². The SMILES string of the molecule is CCOc1cc(C(C)N(CCCCc2ccccc2)C(=O)NC2(C(=O)O)CCC(C(=O)O)CC2)cc(OCC)c1C. The number of nitrogens with one attached hydrogen (secondary N) is 1. The van der Waals surface area contributed by atoms with Crippen molar-refractivity contribution in [3.05, 3.63) is 59.2 Å². The second-order valence-corrected chi connectivity index (χ2v) is 10.8. The molecule has 0 saturated heterocycles. The highest BCUT2D eigenvalue weighted by Gasteiger charge is 2.45. The molecule has 1 saturated carbocycles. The smallest absolute Gasteiger partial charge is 0.329 e. The molecular formula is C32H44N2O7. The van der Waals surface area contributed by atoms with E-state index in [0.29, 0.717) is 31.3 Å². The molecule has 2 aromatic carbocycles. The first-order valence-electron chi connectivity index (χ1n) is 14.6. The molecule has 2 amide bonds. The first kappa shape index (κ1) is 31.8. The van der Waals surface area contributed by atoms with Crippen LogP contribution in [0, 0.1) is 12.8 Å². The number of carbonyl (C=O) groups excluding carboxylic acids is 1. The number of benzene rings is 2. The van der Waals surface area contributed by atoms with Gasteiger partial charge in [0, 0.05) is 12.1 Å². The molecule has 0 aliphatic heterocycles. The second-order valence-electron chi connectivity index (χ2n) is 10.8. The Morgan fingerprint density at radius 1 is 1.00 bits per heavy atom. The van der Waals surface area contributed by atoms with Crippen LogP contribution in [-0.4, -0.2) is 58.4 Å². The van der Waals surface area contributed by atoms with Gasteiger partial charge < -0.3 is 29.9 Å². The molecule has 1 aliphatic rings. The normalized spacial score (nSPS) is 19.2. The van der Waals surface area contributed by atoms with Gasteiger partial charge in [-0.05, 0) is 95.9 Å². The summed E-state index contributed by atoms with van der Waals surface area (Å²) < 4.78 is 11.8. The lowest BCUT2D eigenvalue weighted by Gasteiger charge is -2.39. The summed E-state index contributed by atoms with van der Waals surface area (Å²) >= 11 is 0. The van der Waals surface area contributed by atoms with Gasteiger partial charge in [0.25, 0.3) is 0 Å².